The van der Waals surface area contributed by atoms with Crippen LogP contribution in [-0.4, -0.2) is 43.0 Å². The fourth-order valence-electron chi connectivity index (χ4n) is 3.25. The lowest BCUT2D eigenvalue weighted by Gasteiger charge is -2.23. The molecule has 2 aromatic rings. The highest BCUT2D eigenvalue weighted by atomic mass is 35.5. The van der Waals surface area contributed by atoms with Crippen LogP contribution in [-0.2, 0) is 9.63 Å². The van der Waals surface area contributed by atoms with Crippen molar-refractivity contribution in [1.82, 2.24) is 5.06 Å². The second kappa shape index (κ2) is 9.79. The minimum atomic E-state index is -0.501. The molecule has 2 aliphatic rings. The molecule has 2 heterocycles. The molecule has 4 rings (SSSR count). The number of hydrogen-bond acceptors (Lipinski definition) is 6. The maximum atomic E-state index is 12.4. The van der Waals surface area contributed by atoms with Gasteiger partial charge in [-0.25, -0.2) is 0 Å². The summed E-state index contributed by atoms with van der Waals surface area (Å²) >= 11 is 6.08. The first-order valence-electron chi connectivity index (χ1n) is 10.2. The molecule has 2 aliphatic heterocycles. The minimum absolute atomic E-state index is 0.0732. The van der Waals surface area contributed by atoms with Crippen LogP contribution in [0.5, 0.6) is 17.2 Å². The van der Waals surface area contributed by atoms with E-state index in [0.29, 0.717) is 59.1 Å². The van der Waals surface area contributed by atoms with Crippen molar-refractivity contribution in [2.24, 2.45) is 4.99 Å². The zero-order valence-electron chi connectivity index (χ0n) is 18.1. The second-order valence-electron chi connectivity index (χ2n) is 7.21. The zero-order chi connectivity index (χ0) is 23.4. The van der Waals surface area contributed by atoms with E-state index in [1.807, 2.05) is 18.2 Å². The van der Waals surface area contributed by atoms with Crippen molar-refractivity contribution in [3.05, 3.63) is 70.5 Å². The van der Waals surface area contributed by atoms with E-state index >= 15 is 0 Å². The predicted octanol–water partition coefficient (Wildman–Crippen LogP) is 4.65. The van der Waals surface area contributed by atoms with Gasteiger partial charge in [-0.2, -0.15) is 4.99 Å². The van der Waals surface area contributed by atoms with Crippen LogP contribution in [0.25, 0.3) is 6.08 Å². The Kier molecular flexibility index (Phi) is 6.65. The molecule has 0 fully saturated rings. The van der Waals surface area contributed by atoms with E-state index in [-0.39, 0.29) is 11.4 Å². The first kappa shape index (κ1) is 22.4. The number of amides is 1. The van der Waals surface area contributed by atoms with Crippen LogP contribution in [0, 0.1) is 5.41 Å². The molecule has 0 radical (unpaired) electrons. The molecule has 0 unspecified atom stereocenters. The van der Waals surface area contributed by atoms with E-state index in [4.69, 9.17) is 36.1 Å². The van der Waals surface area contributed by atoms with Gasteiger partial charge < -0.3 is 19.0 Å². The summed E-state index contributed by atoms with van der Waals surface area (Å²) in [5.74, 6) is 2.00. The van der Waals surface area contributed by atoms with Crippen molar-refractivity contribution >= 4 is 35.3 Å². The number of hydroxylamine groups is 2. The highest BCUT2D eigenvalue weighted by molar-refractivity contribution is 6.32. The Morgan fingerprint density at radius 2 is 1.88 bits per heavy atom. The number of para-hydroxylation sites is 1. The molecule has 1 amide bonds. The summed E-state index contributed by atoms with van der Waals surface area (Å²) < 4.78 is 16.9. The van der Waals surface area contributed by atoms with Crippen LogP contribution < -0.4 is 14.2 Å². The van der Waals surface area contributed by atoms with Crippen LogP contribution in [0.3, 0.4) is 0 Å². The SMILES string of the molecule is COc1cc(/C=C2\C(=N)N3OC(C)=CC3=NC2=O)ccc1OCCCOc1ccccc1Cl. The molecule has 0 saturated heterocycles. The van der Waals surface area contributed by atoms with E-state index in [0.717, 1.165) is 0 Å². The Bertz CT molecular complexity index is 1190. The van der Waals surface area contributed by atoms with Crippen LogP contribution in [0.2, 0.25) is 5.02 Å². The van der Waals surface area contributed by atoms with Gasteiger partial charge in [0.05, 0.1) is 30.9 Å². The van der Waals surface area contributed by atoms with E-state index in [9.17, 15) is 4.79 Å². The van der Waals surface area contributed by atoms with Gasteiger partial charge in [-0.05, 0) is 42.8 Å². The maximum Gasteiger partial charge on any atom is 0.282 e. The number of carbonyl (C=O) groups is 1. The average Bonchev–Trinajstić information content (AvgIpc) is 3.18. The molecule has 0 aliphatic carbocycles. The lowest BCUT2D eigenvalue weighted by Crippen LogP contribution is -2.38. The van der Waals surface area contributed by atoms with Gasteiger partial charge in [0.25, 0.3) is 5.91 Å². The second-order valence-corrected chi connectivity index (χ2v) is 7.62. The summed E-state index contributed by atoms with van der Waals surface area (Å²) in [6, 6.07) is 12.6. The number of aliphatic imine (C=N–C) groups is 1. The van der Waals surface area contributed by atoms with Gasteiger partial charge in [-0.1, -0.05) is 29.8 Å². The molecule has 0 atom stereocenters. The van der Waals surface area contributed by atoms with Crippen molar-refractivity contribution < 1.29 is 23.8 Å². The molecule has 170 valence electrons. The Hall–Kier alpha value is -3.78. The van der Waals surface area contributed by atoms with Gasteiger partial charge in [0.15, 0.2) is 23.2 Å². The molecule has 0 aromatic heterocycles. The number of nitrogens with zero attached hydrogens (tertiary/aromatic N) is 2. The number of fused-ring (bicyclic) bond motifs is 1. The number of benzene rings is 2. The van der Waals surface area contributed by atoms with Gasteiger partial charge in [-0.3, -0.25) is 10.2 Å². The minimum Gasteiger partial charge on any atom is -0.493 e. The first-order valence-corrected chi connectivity index (χ1v) is 10.6. The number of amidine groups is 2. The molecule has 0 saturated carbocycles. The topological polar surface area (TPSA) is 93.4 Å². The van der Waals surface area contributed by atoms with Gasteiger partial charge >= 0.3 is 0 Å². The highest BCUT2D eigenvalue weighted by Crippen LogP contribution is 2.30. The quantitative estimate of drug-likeness (QED) is 0.448. The molecular weight excluding hydrogens is 446 g/mol. The fraction of sp³-hybridized carbons (Fsp3) is 0.208. The number of halogens is 1. The number of rotatable bonds is 8. The van der Waals surface area contributed by atoms with Crippen LogP contribution in [0.15, 0.2) is 64.9 Å². The first-order chi connectivity index (χ1) is 16.0. The van der Waals surface area contributed by atoms with E-state index in [1.165, 1.54) is 12.2 Å². The van der Waals surface area contributed by atoms with E-state index in [2.05, 4.69) is 4.99 Å². The van der Waals surface area contributed by atoms with Crippen molar-refractivity contribution in [2.45, 2.75) is 13.3 Å². The third-order valence-corrected chi connectivity index (χ3v) is 5.13. The van der Waals surface area contributed by atoms with E-state index in [1.54, 1.807) is 43.3 Å². The summed E-state index contributed by atoms with van der Waals surface area (Å²) in [6.07, 6.45) is 3.83. The Labute approximate surface area is 196 Å². The highest BCUT2D eigenvalue weighted by Gasteiger charge is 2.34. The van der Waals surface area contributed by atoms with Gasteiger partial charge in [-0.15, -0.1) is 5.06 Å². The van der Waals surface area contributed by atoms with Crippen molar-refractivity contribution in [3.63, 3.8) is 0 Å². The number of carbonyl (C=O) groups excluding carboxylic acids is 1. The summed E-state index contributed by atoms with van der Waals surface area (Å²) in [5.41, 5.74) is 0.783. The average molecular weight is 468 g/mol. The zero-order valence-corrected chi connectivity index (χ0v) is 18.9. The third kappa shape index (κ3) is 5.01. The standard InChI is InChI=1S/C24H22ClN3O5/c1-15-12-22-27-24(29)17(23(26)28(22)33-15)13-16-8-9-20(21(14-16)30-2)32-11-5-10-31-19-7-4-3-6-18(19)25/h3-4,6-9,12-14,26H,5,10-11H2,1-2H3/b17-13+,26-23?. The smallest absolute Gasteiger partial charge is 0.282 e. The molecule has 1 N–H and O–H groups in total. The largest absolute Gasteiger partial charge is 0.493 e. The van der Waals surface area contributed by atoms with Crippen LogP contribution in [0.1, 0.15) is 18.9 Å². The molecule has 0 spiro atoms. The molecule has 2 aromatic carbocycles. The lowest BCUT2D eigenvalue weighted by molar-refractivity contribution is -0.114. The number of nitrogens with one attached hydrogen (secondary N) is 1. The Morgan fingerprint density at radius 3 is 2.64 bits per heavy atom. The lowest BCUT2D eigenvalue weighted by atomic mass is 10.1. The van der Waals surface area contributed by atoms with Gasteiger partial charge in [0, 0.05) is 12.5 Å². The molecule has 33 heavy (non-hydrogen) atoms. The van der Waals surface area contributed by atoms with Crippen LogP contribution >= 0.6 is 11.6 Å². The number of hydrogen-bond donors (Lipinski definition) is 1. The predicted molar refractivity (Wildman–Crippen MR) is 125 cm³/mol. The van der Waals surface area contributed by atoms with Gasteiger partial charge in [0.2, 0.25) is 0 Å². The molecule has 9 heteroatoms. The monoisotopic (exact) mass is 467 g/mol. The fourth-order valence-corrected chi connectivity index (χ4v) is 3.44. The number of allylic oxidation sites excluding steroid dienone is 1. The number of methoxy groups -OCH3 is 1. The van der Waals surface area contributed by atoms with Crippen molar-refractivity contribution in [1.29, 1.82) is 5.41 Å². The number of ether oxygens (including phenoxy) is 3. The summed E-state index contributed by atoms with van der Waals surface area (Å²) in [5, 5.41) is 10.1. The van der Waals surface area contributed by atoms with Crippen LogP contribution in [0.4, 0.5) is 0 Å². The maximum absolute atomic E-state index is 12.4. The van der Waals surface area contributed by atoms with E-state index < -0.39 is 5.91 Å². The normalized spacial score (nSPS) is 16.2. The van der Waals surface area contributed by atoms with Gasteiger partial charge in [0.1, 0.15) is 11.5 Å². The third-order valence-electron chi connectivity index (χ3n) is 4.82. The molecule has 8 nitrogen and oxygen atoms in total. The molecule has 0 bridgehead atoms. The summed E-state index contributed by atoms with van der Waals surface area (Å²) in [4.78, 5) is 21.8. The Balaban J connectivity index is 1.38. The Morgan fingerprint density at radius 1 is 1.12 bits per heavy atom. The molecular formula is C24H22ClN3O5. The van der Waals surface area contributed by atoms with Crippen molar-refractivity contribution in [3.8, 4) is 17.2 Å². The van der Waals surface area contributed by atoms with Crippen molar-refractivity contribution in [2.75, 3.05) is 20.3 Å². The summed E-state index contributed by atoms with van der Waals surface area (Å²) in [7, 11) is 1.54. The summed E-state index contributed by atoms with van der Waals surface area (Å²) in [6.45, 7) is 2.60.